The first-order chi connectivity index (χ1) is 27.8. The molecular formula is C48H70N6O6. The van der Waals surface area contributed by atoms with E-state index in [4.69, 9.17) is 19.7 Å². The van der Waals surface area contributed by atoms with E-state index in [1.807, 2.05) is 87.7 Å². The number of nitrogens with zero attached hydrogens (tertiary/aromatic N) is 6. The fourth-order valence-electron chi connectivity index (χ4n) is 7.97. The summed E-state index contributed by atoms with van der Waals surface area (Å²) in [5.74, 6) is 0.774. The molecule has 12 heteroatoms. The molecule has 2 aromatic heterocycles. The quantitative estimate of drug-likeness (QED) is 0.115. The van der Waals surface area contributed by atoms with E-state index >= 15 is 0 Å². The Bertz CT molecular complexity index is 2050. The molecule has 1 aliphatic carbocycles. The number of benzene rings is 2. The number of Topliss-reactive ketones (excluding diaryl/α,β-unsaturated/α-hetero) is 2. The number of aromatic nitrogens is 4. The van der Waals surface area contributed by atoms with Gasteiger partial charge in [0.2, 0.25) is 11.8 Å². The minimum atomic E-state index is -0.675. The average molecular weight is 827 g/mol. The SMILES string of the molecule is COc1ccc2c(C(=O)C(C)(C)C)nn(CC(=O)N(CCC(C)(C)C)C3CCCCC3N(CCC(C)(C)C)C(=O)Cn3nc(C(=O)C(C)(C)C)c4ccc(OC)cc43)c2c1. The van der Waals surface area contributed by atoms with Crippen LogP contribution < -0.4 is 9.47 Å². The summed E-state index contributed by atoms with van der Waals surface area (Å²) in [6.45, 7) is 25.1. The van der Waals surface area contributed by atoms with Crippen molar-refractivity contribution in [1.29, 1.82) is 0 Å². The highest BCUT2D eigenvalue weighted by Crippen LogP contribution is 2.34. The molecule has 5 rings (SSSR count). The molecule has 0 aliphatic heterocycles. The lowest BCUT2D eigenvalue weighted by atomic mass is 9.85. The van der Waals surface area contributed by atoms with Gasteiger partial charge in [-0.25, -0.2) is 0 Å². The van der Waals surface area contributed by atoms with Gasteiger partial charge in [-0.05, 0) is 60.8 Å². The number of methoxy groups -OCH3 is 2. The Hall–Kier alpha value is -4.74. The summed E-state index contributed by atoms with van der Waals surface area (Å²) >= 11 is 0. The van der Waals surface area contributed by atoms with Gasteiger partial charge in [-0.2, -0.15) is 10.2 Å². The van der Waals surface area contributed by atoms with Gasteiger partial charge in [0.05, 0.1) is 37.3 Å². The second-order valence-corrected chi connectivity index (χ2v) is 21.2. The molecule has 1 saturated carbocycles. The average Bonchev–Trinajstić information content (AvgIpc) is 3.69. The lowest BCUT2D eigenvalue weighted by Crippen LogP contribution is -2.58. The number of rotatable bonds is 14. The normalized spacial score (nSPS) is 16.6. The fraction of sp³-hybridized carbons (Fsp3) is 0.625. The molecule has 0 N–H and O–H groups in total. The zero-order valence-corrected chi connectivity index (χ0v) is 38.8. The van der Waals surface area contributed by atoms with Crippen molar-refractivity contribution in [3.05, 3.63) is 47.8 Å². The Balaban J connectivity index is 1.57. The molecule has 328 valence electrons. The van der Waals surface area contributed by atoms with Crippen molar-refractivity contribution >= 4 is 45.2 Å². The van der Waals surface area contributed by atoms with E-state index in [0.717, 1.165) is 38.5 Å². The summed E-state index contributed by atoms with van der Waals surface area (Å²) in [7, 11) is 3.18. The summed E-state index contributed by atoms with van der Waals surface area (Å²) in [6.07, 6.45) is 4.85. The van der Waals surface area contributed by atoms with Gasteiger partial charge in [-0.1, -0.05) is 95.9 Å². The third-order valence-corrected chi connectivity index (χ3v) is 11.6. The van der Waals surface area contributed by atoms with Gasteiger partial charge in [0.15, 0.2) is 11.6 Å². The molecule has 2 aromatic carbocycles. The molecule has 0 spiro atoms. The van der Waals surface area contributed by atoms with E-state index in [0.29, 0.717) is 57.8 Å². The Labute approximate surface area is 357 Å². The van der Waals surface area contributed by atoms with Crippen LogP contribution in [0, 0.1) is 21.7 Å². The highest BCUT2D eigenvalue weighted by atomic mass is 16.5. The summed E-state index contributed by atoms with van der Waals surface area (Å²) < 4.78 is 14.4. The number of carbonyl (C=O) groups is 4. The molecular weight excluding hydrogens is 757 g/mol. The summed E-state index contributed by atoms with van der Waals surface area (Å²) in [4.78, 5) is 61.4. The zero-order valence-electron chi connectivity index (χ0n) is 38.8. The van der Waals surface area contributed by atoms with Crippen LogP contribution in [-0.4, -0.2) is 92.1 Å². The zero-order chi connectivity index (χ0) is 44.5. The van der Waals surface area contributed by atoms with Gasteiger partial charge in [0, 0.05) is 46.8 Å². The van der Waals surface area contributed by atoms with Crippen LogP contribution in [0.25, 0.3) is 21.8 Å². The smallest absolute Gasteiger partial charge is 0.244 e. The molecule has 2 atom stereocenters. The van der Waals surface area contributed by atoms with Crippen LogP contribution in [0.1, 0.15) is 143 Å². The maximum absolute atomic E-state index is 15.0. The number of carbonyl (C=O) groups excluding carboxylic acids is 4. The Kier molecular flexibility index (Phi) is 13.7. The van der Waals surface area contributed by atoms with Gasteiger partial charge in [0.1, 0.15) is 36.0 Å². The largest absolute Gasteiger partial charge is 0.497 e. The molecule has 2 heterocycles. The Morgan fingerprint density at radius 1 is 0.600 bits per heavy atom. The molecule has 1 fully saturated rings. The fourth-order valence-corrected chi connectivity index (χ4v) is 7.97. The molecule has 0 radical (unpaired) electrons. The highest BCUT2D eigenvalue weighted by molar-refractivity contribution is 6.09. The number of ketones is 2. The first-order valence-electron chi connectivity index (χ1n) is 21.6. The van der Waals surface area contributed by atoms with Crippen molar-refractivity contribution in [2.75, 3.05) is 27.3 Å². The topological polar surface area (TPSA) is 129 Å². The standard InChI is InChI=1S/C48H70N6O6/c1-45(2,3)23-25-51(39(55)29-53-37-27-31(59-13)19-21-33(37)41(49-53)43(57)47(7,8)9)35-17-15-16-18-36(35)52(26-24-46(4,5)6)40(56)30-54-38-28-32(60-14)20-22-34(38)42(50-54)44(58)48(10,11)12/h19-22,27-28,35-36H,15-18,23-26,29-30H2,1-14H3. The summed E-state index contributed by atoms with van der Waals surface area (Å²) in [5, 5.41) is 11.0. The predicted octanol–water partition coefficient (Wildman–Crippen LogP) is 9.40. The van der Waals surface area contributed by atoms with Gasteiger partial charge < -0.3 is 19.3 Å². The molecule has 0 saturated heterocycles. The number of amides is 2. The maximum atomic E-state index is 15.0. The van der Waals surface area contributed by atoms with E-state index in [9.17, 15) is 19.2 Å². The highest BCUT2D eigenvalue weighted by Gasteiger charge is 2.40. The van der Waals surface area contributed by atoms with E-state index < -0.39 is 10.8 Å². The molecule has 2 amide bonds. The van der Waals surface area contributed by atoms with E-state index in [2.05, 4.69) is 41.5 Å². The Morgan fingerprint density at radius 2 is 0.950 bits per heavy atom. The summed E-state index contributed by atoms with van der Waals surface area (Å²) in [6, 6.07) is 10.5. The minimum Gasteiger partial charge on any atom is -0.497 e. The van der Waals surface area contributed by atoms with Crippen LogP contribution in [0.2, 0.25) is 0 Å². The Morgan fingerprint density at radius 3 is 1.25 bits per heavy atom. The van der Waals surface area contributed by atoms with Crippen LogP contribution >= 0.6 is 0 Å². The molecule has 12 nitrogen and oxygen atoms in total. The van der Waals surface area contributed by atoms with Gasteiger partial charge in [-0.15, -0.1) is 0 Å². The van der Waals surface area contributed by atoms with Crippen molar-refractivity contribution < 1.29 is 28.7 Å². The van der Waals surface area contributed by atoms with Crippen LogP contribution in [0.4, 0.5) is 0 Å². The van der Waals surface area contributed by atoms with Crippen LogP contribution in [0.3, 0.4) is 0 Å². The van der Waals surface area contributed by atoms with E-state index in [-0.39, 0.29) is 59.4 Å². The van der Waals surface area contributed by atoms with Crippen molar-refractivity contribution in [2.24, 2.45) is 21.7 Å². The second kappa shape index (κ2) is 17.7. The molecule has 4 aromatic rings. The maximum Gasteiger partial charge on any atom is 0.244 e. The monoisotopic (exact) mass is 827 g/mol. The van der Waals surface area contributed by atoms with Crippen molar-refractivity contribution in [2.45, 2.75) is 147 Å². The van der Waals surface area contributed by atoms with Crippen molar-refractivity contribution in [1.82, 2.24) is 29.4 Å². The molecule has 0 bridgehead atoms. The van der Waals surface area contributed by atoms with Crippen molar-refractivity contribution in [3.63, 3.8) is 0 Å². The van der Waals surface area contributed by atoms with Crippen LogP contribution in [-0.2, 0) is 22.7 Å². The number of fused-ring (bicyclic) bond motifs is 2. The predicted molar refractivity (Wildman–Crippen MR) is 238 cm³/mol. The molecule has 2 unspecified atom stereocenters. The number of ether oxygens (including phenoxy) is 2. The second-order valence-electron chi connectivity index (χ2n) is 21.2. The lowest BCUT2D eigenvalue weighted by molar-refractivity contribution is -0.144. The minimum absolute atomic E-state index is 0.0626. The number of hydrogen-bond donors (Lipinski definition) is 0. The van der Waals surface area contributed by atoms with Gasteiger partial charge in [0.25, 0.3) is 0 Å². The van der Waals surface area contributed by atoms with Gasteiger partial charge in [-0.3, -0.25) is 28.5 Å². The third-order valence-electron chi connectivity index (χ3n) is 11.6. The molecule has 60 heavy (non-hydrogen) atoms. The first kappa shape index (κ1) is 46.3. The van der Waals surface area contributed by atoms with E-state index in [1.54, 1.807) is 23.6 Å². The third kappa shape index (κ3) is 10.8. The summed E-state index contributed by atoms with van der Waals surface area (Å²) in [5.41, 5.74) is 0.497. The van der Waals surface area contributed by atoms with Gasteiger partial charge >= 0.3 is 0 Å². The van der Waals surface area contributed by atoms with Crippen LogP contribution in [0.5, 0.6) is 11.5 Å². The van der Waals surface area contributed by atoms with Crippen LogP contribution in [0.15, 0.2) is 36.4 Å². The van der Waals surface area contributed by atoms with E-state index in [1.165, 1.54) is 0 Å². The lowest BCUT2D eigenvalue weighted by Gasteiger charge is -2.46. The first-order valence-corrected chi connectivity index (χ1v) is 21.6. The molecule has 1 aliphatic rings. The van der Waals surface area contributed by atoms with Crippen molar-refractivity contribution in [3.8, 4) is 11.5 Å². The number of hydrogen-bond acceptors (Lipinski definition) is 8.